The van der Waals surface area contributed by atoms with E-state index < -0.39 is 5.97 Å². The monoisotopic (exact) mass is 267 g/mol. The van der Waals surface area contributed by atoms with Crippen LogP contribution in [0, 0.1) is 0 Å². The van der Waals surface area contributed by atoms with Crippen LogP contribution in [0.2, 0.25) is 0 Å². The molecule has 1 N–H and O–H groups in total. The van der Waals surface area contributed by atoms with Gasteiger partial charge in [0.05, 0.1) is 6.61 Å². The van der Waals surface area contributed by atoms with E-state index in [4.69, 9.17) is 9.15 Å². The Hall–Kier alpha value is -1.56. The summed E-state index contributed by atoms with van der Waals surface area (Å²) in [5.74, 6) is -0.432. The molecule has 1 aromatic heterocycles. The summed E-state index contributed by atoms with van der Waals surface area (Å²) >= 11 is 0. The third kappa shape index (κ3) is 3.26. The molecule has 1 aromatic rings. The first-order valence-corrected chi connectivity index (χ1v) is 6.86. The van der Waals surface area contributed by atoms with Crippen LogP contribution in [0.5, 0.6) is 0 Å². The van der Waals surface area contributed by atoms with Gasteiger partial charge in [-0.2, -0.15) is 4.98 Å². The maximum atomic E-state index is 11.6. The molecule has 106 valence electrons. The third-order valence-corrected chi connectivity index (χ3v) is 3.31. The van der Waals surface area contributed by atoms with Crippen molar-refractivity contribution in [2.45, 2.75) is 32.7 Å². The molecular weight excluding hydrogens is 246 g/mol. The number of nitrogens with zero attached hydrogens (tertiary/aromatic N) is 2. The van der Waals surface area contributed by atoms with Gasteiger partial charge in [0.2, 0.25) is 0 Å². The van der Waals surface area contributed by atoms with Crippen LogP contribution in [0.3, 0.4) is 0 Å². The fourth-order valence-corrected chi connectivity index (χ4v) is 2.36. The highest BCUT2D eigenvalue weighted by Gasteiger charge is 2.24. The summed E-state index contributed by atoms with van der Waals surface area (Å²) in [7, 11) is 0. The highest BCUT2D eigenvalue weighted by Crippen LogP contribution is 2.21. The molecule has 2 rings (SSSR count). The van der Waals surface area contributed by atoms with Crippen LogP contribution in [-0.4, -0.2) is 43.2 Å². The smallest absolute Gasteiger partial charge is 0.360 e. The molecule has 0 aromatic carbocycles. The van der Waals surface area contributed by atoms with E-state index in [9.17, 15) is 4.79 Å². The Labute approximate surface area is 113 Å². The van der Waals surface area contributed by atoms with E-state index >= 15 is 0 Å². The lowest BCUT2D eigenvalue weighted by molar-refractivity contribution is 0.0519. The fourth-order valence-electron chi connectivity index (χ4n) is 2.36. The molecule has 0 amide bonds. The molecule has 6 heteroatoms. The molecule has 0 bridgehead atoms. The van der Waals surface area contributed by atoms with Gasteiger partial charge in [-0.15, -0.1) is 0 Å². The average molecular weight is 267 g/mol. The van der Waals surface area contributed by atoms with Crippen molar-refractivity contribution in [2.75, 3.05) is 31.1 Å². The SMILES string of the molecule is CCOC(=O)c1coc(N(CC)C2CCNCC2)n1. The molecule has 0 radical (unpaired) electrons. The largest absolute Gasteiger partial charge is 0.461 e. The number of hydrogen-bond donors (Lipinski definition) is 1. The Bertz CT molecular complexity index is 413. The molecular formula is C13H21N3O3. The van der Waals surface area contributed by atoms with Gasteiger partial charge in [-0.25, -0.2) is 4.79 Å². The van der Waals surface area contributed by atoms with Crippen LogP contribution in [0.1, 0.15) is 37.2 Å². The highest BCUT2D eigenvalue weighted by atomic mass is 16.5. The molecule has 2 heterocycles. The van der Waals surface area contributed by atoms with E-state index in [2.05, 4.69) is 22.1 Å². The number of nitrogens with one attached hydrogen (secondary N) is 1. The van der Waals surface area contributed by atoms with Crippen LogP contribution in [0.15, 0.2) is 10.7 Å². The van der Waals surface area contributed by atoms with Crippen molar-refractivity contribution in [3.8, 4) is 0 Å². The van der Waals surface area contributed by atoms with E-state index in [-0.39, 0.29) is 5.69 Å². The molecule has 0 aliphatic carbocycles. The van der Waals surface area contributed by atoms with Crippen LogP contribution >= 0.6 is 0 Å². The van der Waals surface area contributed by atoms with Crippen molar-refractivity contribution in [2.24, 2.45) is 0 Å². The number of carbonyl (C=O) groups excluding carboxylic acids is 1. The number of esters is 1. The molecule has 0 unspecified atom stereocenters. The van der Waals surface area contributed by atoms with Crippen molar-refractivity contribution in [3.05, 3.63) is 12.0 Å². The minimum Gasteiger partial charge on any atom is -0.461 e. The predicted octanol–water partition coefficient (Wildman–Crippen LogP) is 1.43. The summed E-state index contributed by atoms with van der Waals surface area (Å²) in [6.07, 6.45) is 3.49. The number of rotatable bonds is 5. The minimum absolute atomic E-state index is 0.240. The maximum absolute atomic E-state index is 11.6. The second-order valence-corrected chi connectivity index (χ2v) is 4.50. The maximum Gasteiger partial charge on any atom is 0.360 e. The van der Waals surface area contributed by atoms with Crippen LogP contribution in [-0.2, 0) is 4.74 Å². The van der Waals surface area contributed by atoms with Gasteiger partial charge in [0, 0.05) is 12.6 Å². The summed E-state index contributed by atoms with van der Waals surface area (Å²) in [5, 5.41) is 3.33. The average Bonchev–Trinajstić information content (AvgIpc) is 2.91. The van der Waals surface area contributed by atoms with Crippen LogP contribution in [0.4, 0.5) is 6.01 Å². The second-order valence-electron chi connectivity index (χ2n) is 4.50. The Morgan fingerprint density at radius 3 is 2.89 bits per heavy atom. The Balaban J connectivity index is 2.08. The molecule has 0 atom stereocenters. The van der Waals surface area contributed by atoms with Crippen molar-refractivity contribution in [1.29, 1.82) is 0 Å². The van der Waals surface area contributed by atoms with E-state index in [1.54, 1.807) is 6.92 Å². The summed E-state index contributed by atoms with van der Waals surface area (Å²) in [4.78, 5) is 17.9. The summed E-state index contributed by atoms with van der Waals surface area (Å²) in [6.45, 7) is 7.00. The van der Waals surface area contributed by atoms with Crippen LogP contribution in [0.25, 0.3) is 0 Å². The number of carbonyl (C=O) groups is 1. The lowest BCUT2D eigenvalue weighted by atomic mass is 10.1. The molecule has 1 fully saturated rings. The minimum atomic E-state index is -0.432. The van der Waals surface area contributed by atoms with Gasteiger partial charge in [0.15, 0.2) is 5.69 Å². The number of hydrogen-bond acceptors (Lipinski definition) is 6. The Kier molecular flexibility index (Phi) is 4.79. The molecule has 0 saturated carbocycles. The van der Waals surface area contributed by atoms with Gasteiger partial charge in [-0.1, -0.05) is 0 Å². The van der Waals surface area contributed by atoms with E-state index in [0.717, 1.165) is 32.5 Å². The predicted molar refractivity (Wildman–Crippen MR) is 71.4 cm³/mol. The van der Waals surface area contributed by atoms with Gasteiger partial charge < -0.3 is 19.4 Å². The fraction of sp³-hybridized carbons (Fsp3) is 0.692. The summed E-state index contributed by atoms with van der Waals surface area (Å²) < 4.78 is 10.3. The third-order valence-electron chi connectivity index (χ3n) is 3.31. The molecule has 1 aliphatic rings. The highest BCUT2D eigenvalue weighted by molar-refractivity contribution is 5.87. The number of oxazole rings is 1. The molecule has 0 spiro atoms. The first-order chi connectivity index (χ1) is 9.26. The first kappa shape index (κ1) is 13.9. The van der Waals surface area contributed by atoms with Crippen molar-refractivity contribution in [1.82, 2.24) is 10.3 Å². The first-order valence-electron chi connectivity index (χ1n) is 6.86. The van der Waals surface area contributed by atoms with Gasteiger partial charge >= 0.3 is 5.97 Å². The molecule has 1 saturated heterocycles. The number of ether oxygens (including phenoxy) is 1. The summed E-state index contributed by atoms with van der Waals surface area (Å²) in [6, 6.07) is 0.928. The van der Waals surface area contributed by atoms with Gasteiger partial charge in [0.1, 0.15) is 6.26 Å². The molecule has 1 aliphatic heterocycles. The zero-order valence-corrected chi connectivity index (χ0v) is 11.5. The summed E-state index contributed by atoms with van der Waals surface area (Å²) in [5.41, 5.74) is 0.240. The van der Waals surface area contributed by atoms with E-state index in [1.165, 1.54) is 6.26 Å². The van der Waals surface area contributed by atoms with Crippen molar-refractivity contribution >= 4 is 12.0 Å². The number of piperidine rings is 1. The van der Waals surface area contributed by atoms with Crippen LogP contribution < -0.4 is 10.2 Å². The lowest BCUT2D eigenvalue weighted by Crippen LogP contribution is -2.43. The van der Waals surface area contributed by atoms with Gasteiger partial charge in [0.25, 0.3) is 6.01 Å². The number of aromatic nitrogens is 1. The molecule has 19 heavy (non-hydrogen) atoms. The quantitative estimate of drug-likeness (QED) is 0.814. The number of anilines is 1. The van der Waals surface area contributed by atoms with Gasteiger partial charge in [-0.05, 0) is 39.8 Å². The topological polar surface area (TPSA) is 67.6 Å². The van der Waals surface area contributed by atoms with E-state index in [1.807, 2.05) is 0 Å². The van der Waals surface area contributed by atoms with Gasteiger partial charge in [-0.3, -0.25) is 0 Å². The Morgan fingerprint density at radius 1 is 1.53 bits per heavy atom. The normalized spacial score (nSPS) is 16.3. The Morgan fingerprint density at radius 2 is 2.26 bits per heavy atom. The standard InChI is InChI=1S/C13H21N3O3/c1-3-16(10-5-7-14-8-6-10)13-15-11(9-19-13)12(17)18-4-2/h9-10,14H,3-8H2,1-2H3. The second kappa shape index (κ2) is 6.56. The zero-order chi connectivity index (χ0) is 13.7. The van der Waals surface area contributed by atoms with E-state index in [0.29, 0.717) is 18.7 Å². The van der Waals surface area contributed by atoms with Crippen molar-refractivity contribution < 1.29 is 13.9 Å². The molecule has 6 nitrogen and oxygen atoms in total. The van der Waals surface area contributed by atoms with Crippen molar-refractivity contribution in [3.63, 3.8) is 0 Å². The lowest BCUT2D eigenvalue weighted by Gasteiger charge is -2.32. The zero-order valence-electron chi connectivity index (χ0n) is 11.5.